The van der Waals surface area contributed by atoms with Crippen molar-refractivity contribution in [3.63, 3.8) is 0 Å². The molecule has 2 aromatic rings. The Kier molecular flexibility index (Phi) is 4.34. The number of rotatable bonds is 3. The van der Waals surface area contributed by atoms with Gasteiger partial charge in [-0.1, -0.05) is 6.07 Å². The van der Waals surface area contributed by atoms with Gasteiger partial charge in [-0.25, -0.2) is 0 Å². The van der Waals surface area contributed by atoms with E-state index in [1.807, 2.05) is 19.9 Å². The molecule has 24 heavy (non-hydrogen) atoms. The SMILES string of the molecule is COc1cc(OC)cc(C(=O)N2CCOc3cc(C)cc(C)c32)c1. The van der Waals surface area contributed by atoms with E-state index in [-0.39, 0.29) is 5.91 Å². The fraction of sp³-hybridized carbons (Fsp3) is 0.316. The maximum Gasteiger partial charge on any atom is 0.258 e. The zero-order valence-electron chi connectivity index (χ0n) is 14.4. The van der Waals surface area contributed by atoms with Gasteiger partial charge in [0.1, 0.15) is 23.9 Å². The Hall–Kier alpha value is -2.69. The zero-order chi connectivity index (χ0) is 17.3. The molecule has 126 valence electrons. The van der Waals surface area contributed by atoms with Crippen molar-refractivity contribution in [1.82, 2.24) is 0 Å². The molecule has 0 aliphatic carbocycles. The summed E-state index contributed by atoms with van der Waals surface area (Å²) in [5.74, 6) is 1.84. The summed E-state index contributed by atoms with van der Waals surface area (Å²) in [5, 5.41) is 0. The Balaban J connectivity index is 2.04. The Labute approximate surface area is 141 Å². The minimum Gasteiger partial charge on any atom is -0.497 e. The lowest BCUT2D eigenvalue weighted by Gasteiger charge is -2.31. The topological polar surface area (TPSA) is 48.0 Å². The number of methoxy groups -OCH3 is 2. The first-order chi connectivity index (χ1) is 11.5. The second-order valence-electron chi connectivity index (χ2n) is 5.84. The lowest BCUT2D eigenvalue weighted by molar-refractivity contribution is 0.0975. The van der Waals surface area contributed by atoms with Gasteiger partial charge >= 0.3 is 0 Å². The van der Waals surface area contributed by atoms with Crippen molar-refractivity contribution < 1.29 is 19.0 Å². The van der Waals surface area contributed by atoms with Crippen molar-refractivity contribution in [2.45, 2.75) is 13.8 Å². The smallest absolute Gasteiger partial charge is 0.258 e. The number of aryl methyl sites for hydroxylation is 2. The second-order valence-corrected chi connectivity index (χ2v) is 5.84. The summed E-state index contributed by atoms with van der Waals surface area (Å²) in [6.07, 6.45) is 0. The van der Waals surface area contributed by atoms with Gasteiger partial charge in [0.2, 0.25) is 0 Å². The molecule has 0 saturated heterocycles. The van der Waals surface area contributed by atoms with Crippen molar-refractivity contribution in [3.8, 4) is 17.2 Å². The molecular formula is C19H21NO4. The quantitative estimate of drug-likeness (QED) is 0.867. The summed E-state index contributed by atoms with van der Waals surface area (Å²) in [4.78, 5) is 14.9. The zero-order valence-corrected chi connectivity index (χ0v) is 14.4. The van der Waals surface area contributed by atoms with Crippen LogP contribution in [-0.2, 0) is 0 Å². The number of amides is 1. The van der Waals surface area contributed by atoms with E-state index in [2.05, 4.69) is 6.07 Å². The van der Waals surface area contributed by atoms with Crippen LogP contribution in [0.4, 0.5) is 5.69 Å². The number of hydrogen-bond acceptors (Lipinski definition) is 4. The fourth-order valence-corrected chi connectivity index (χ4v) is 3.03. The molecule has 0 fully saturated rings. The van der Waals surface area contributed by atoms with E-state index in [1.54, 1.807) is 37.3 Å². The maximum absolute atomic E-state index is 13.1. The molecule has 0 atom stereocenters. The number of ether oxygens (including phenoxy) is 3. The van der Waals surface area contributed by atoms with Crippen LogP contribution in [0.5, 0.6) is 17.2 Å². The Morgan fingerprint density at radius 1 is 1.04 bits per heavy atom. The molecule has 1 aliphatic rings. The first-order valence-electron chi connectivity index (χ1n) is 7.82. The molecule has 2 aromatic carbocycles. The lowest BCUT2D eigenvalue weighted by atomic mass is 10.1. The van der Waals surface area contributed by atoms with Gasteiger partial charge in [-0.3, -0.25) is 4.79 Å². The van der Waals surface area contributed by atoms with E-state index in [4.69, 9.17) is 14.2 Å². The number of anilines is 1. The highest BCUT2D eigenvalue weighted by Crippen LogP contribution is 2.37. The number of carbonyl (C=O) groups is 1. The predicted octanol–water partition coefficient (Wildman–Crippen LogP) is 3.36. The standard InChI is InChI=1S/C19H21NO4/c1-12-7-13(2)18-17(8-12)24-6-5-20(18)19(21)14-9-15(22-3)11-16(10-14)23-4/h7-11H,5-6H2,1-4H3. The van der Waals surface area contributed by atoms with Crippen LogP contribution in [-0.4, -0.2) is 33.3 Å². The van der Waals surface area contributed by atoms with Gasteiger partial charge in [0.25, 0.3) is 5.91 Å². The van der Waals surface area contributed by atoms with Gasteiger partial charge in [-0.05, 0) is 43.2 Å². The Morgan fingerprint density at radius 3 is 2.33 bits per heavy atom. The third-order valence-electron chi connectivity index (χ3n) is 4.10. The van der Waals surface area contributed by atoms with E-state index < -0.39 is 0 Å². The summed E-state index contributed by atoms with van der Waals surface area (Å²) in [6, 6.07) is 9.22. The molecule has 5 heteroatoms. The number of carbonyl (C=O) groups excluding carboxylic acids is 1. The number of benzene rings is 2. The molecule has 0 unspecified atom stereocenters. The van der Waals surface area contributed by atoms with Crippen LogP contribution >= 0.6 is 0 Å². The van der Waals surface area contributed by atoms with E-state index in [1.165, 1.54) is 0 Å². The first kappa shape index (κ1) is 16.2. The molecule has 0 radical (unpaired) electrons. The first-order valence-corrected chi connectivity index (χ1v) is 7.82. The van der Waals surface area contributed by atoms with Crippen molar-refractivity contribution in [2.24, 2.45) is 0 Å². The van der Waals surface area contributed by atoms with Crippen molar-refractivity contribution in [1.29, 1.82) is 0 Å². The Morgan fingerprint density at radius 2 is 1.71 bits per heavy atom. The van der Waals surface area contributed by atoms with Crippen LogP contribution in [0.2, 0.25) is 0 Å². The van der Waals surface area contributed by atoms with Crippen molar-refractivity contribution in [3.05, 3.63) is 47.0 Å². The minimum atomic E-state index is -0.0938. The molecule has 1 heterocycles. The largest absolute Gasteiger partial charge is 0.497 e. The fourth-order valence-electron chi connectivity index (χ4n) is 3.03. The van der Waals surface area contributed by atoms with Crippen LogP contribution in [0, 0.1) is 13.8 Å². The molecule has 1 amide bonds. The molecular weight excluding hydrogens is 306 g/mol. The summed E-state index contributed by atoms with van der Waals surface area (Å²) in [7, 11) is 3.14. The average molecular weight is 327 g/mol. The van der Waals surface area contributed by atoms with Crippen LogP contribution in [0.15, 0.2) is 30.3 Å². The molecule has 0 N–H and O–H groups in total. The van der Waals surface area contributed by atoms with Crippen molar-refractivity contribution >= 4 is 11.6 Å². The summed E-state index contributed by atoms with van der Waals surface area (Å²) in [5.41, 5.74) is 3.49. The average Bonchev–Trinajstić information content (AvgIpc) is 2.59. The normalized spacial score (nSPS) is 13.1. The van der Waals surface area contributed by atoms with E-state index in [9.17, 15) is 4.79 Å². The van der Waals surface area contributed by atoms with E-state index in [0.29, 0.717) is 30.2 Å². The molecule has 3 rings (SSSR count). The van der Waals surface area contributed by atoms with E-state index in [0.717, 1.165) is 22.6 Å². The van der Waals surface area contributed by atoms with Gasteiger partial charge in [0.05, 0.1) is 26.5 Å². The monoisotopic (exact) mass is 327 g/mol. The van der Waals surface area contributed by atoms with Crippen LogP contribution in [0.3, 0.4) is 0 Å². The molecule has 0 bridgehead atoms. The molecule has 5 nitrogen and oxygen atoms in total. The van der Waals surface area contributed by atoms with Gasteiger partial charge in [0, 0.05) is 11.6 Å². The lowest BCUT2D eigenvalue weighted by Crippen LogP contribution is -2.38. The van der Waals surface area contributed by atoms with Crippen LogP contribution in [0.1, 0.15) is 21.5 Å². The molecule has 0 saturated carbocycles. The number of nitrogens with zero attached hydrogens (tertiary/aromatic N) is 1. The summed E-state index contributed by atoms with van der Waals surface area (Å²) in [6.45, 7) is 5.00. The van der Waals surface area contributed by atoms with Gasteiger partial charge in [-0.15, -0.1) is 0 Å². The highest BCUT2D eigenvalue weighted by Gasteiger charge is 2.27. The Bertz CT molecular complexity index is 763. The van der Waals surface area contributed by atoms with E-state index >= 15 is 0 Å². The molecule has 0 spiro atoms. The maximum atomic E-state index is 13.1. The number of hydrogen-bond donors (Lipinski definition) is 0. The predicted molar refractivity (Wildman–Crippen MR) is 92.6 cm³/mol. The van der Waals surface area contributed by atoms with Gasteiger partial charge in [-0.2, -0.15) is 0 Å². The molecule has 0 aromatic heterocycles. The highest BCUT2D eigenvalue weighted by atomic mass is 16.5. The minimum absolute atomic E-state index is 0.0938. The number of fused-ring (bicyclic) bond motifs is 1. The highest BCUT2D eigenvalue weighted by molar-refractivity contribution is 6.08. The third kappa shape index (κ3) is 2.89. The second kappa shape index (κ2) is 6.43. The summed E-state index contributed by atoms with van der Waals surface area (Å²) < 4.78 is 16.3. The van der Waals surface area contributed by atoms with Crippen molar-refractivity contribution in [2.75, 3.05) is 32.3 Å². The van der Waals surface area contributed by atoms with Gasteiger partial charge in [0.15, 0.2) is 0 Å². The summed E-state index contributed by atoms with van der Waals surface area (Å²) >= 11 is 0. The third-order valence-corrected chi connectivity index (χ3v) is 4.10. The molecule has 1 aliphatic heterocycles. The van der Waals surface area contributed by atoms with Crippen LogP contribution < -0.4 is 19.1 Å². The van der Waals surface area contributed by atoms with Crippen LogP contribution in [0.25, 0.3) is 0 Å². The van der Waals surface area contributed by atoms with Gasteiger partial charge < -0.3 is 19.1 Å².